The van der Waals surface area contributed by atoms with Crippen LogP contribution in [0.2, 0.25) is 0 Å². The van der Waals surface area contributed by atoms with Gasteiger partial charge in [0, 0.05) is 29.8 Å². The molecule has 1 N–H and O–H groups in total. The minimum absolute atomic E-state index is 0.00342. The van der Waals surface area contributed by atoms with E-state index in [4.69, 9.17) is 4.74 Å². The van der Waals surface area contributed by atoms with Gasteiger partial charge in [0.25, 0.3) is 5.91 Å². The summed E-state index contributed by atoms with van der Waals surface area (Å²) in [5.74, 6) is -0.0472. The average molecular weight is 549 g/mol. The predicted octanol–water partition coefficient (Wildman–Crippen LogP) is 4.07. The minimum atomic E-state index is -4.70. The number of hydrogen-bond acceptors (Lipinski definition) is 5. The summed E-state index contributed by atoms with van der Waals surface area (Å²) in [5, 5.41) is 3.82. The Morgan fingerprint density at radius 1 is 1.05 bits per heavy atom. The summed E-state index contributed by atoms with van der Waals surface area (Å²) >= 11 is 0. The van der Waals surface area contributed by atoms with Crippen molar-refractivity contribution in [3.05, 3.63) is 71.0 Å². The minimum Gasteiger partial charge on any atom is -0.497 e. The van der Waals surface area contributed by atoms with Crippen LogP contribution in [-0.4, -0.2) is 50.1 Å². The number of fused-ring (bicyclic) bond motifs is 1. The van der Waals surface area contributed by atoms with Crippen molar-refractivity contribution in [2.24, 2.45) is 0 Å². The Hall–Kier alpha value is -3.38. The molecule has 5 rings (SSSR count). The van der Waals surface area contributed by atoms with E-state index in [-0.39, 0.29) is 35.4 Å². The lowest BCUT2D eigenvalue weighted by Crippen LogP contribution is -2.39. The number of hydrogen-bond donors (Lipinski definition) is 1. The molecule has 8 nitrogen and oxygen atoms in total. The zero-order valence-corrected chi connectivity index (χ0v) is 21.7. The first-order valence-electron chi connectivity index (χ1n) is 12.2. The number of nitrogens with zero attached hydrogens (tertiary/aromatic N) is 3. The molecule has 0 radical (unpaired) electrons. The van der Waals surface area contributed by atoms with E-state index < -0.39 is 27.8 Å². The summed E-state index contributed by atoms with van der Waals surface area (Å²) in [4.78, 5) is 15.1. The van der Waals surface area contributed by atoms with E-state index in [1.165, 1.54) is 12.0 Å². The number of anilines is 1. The zero-order chi connectivity index (χ0) is 27.3. The molecule has 0 atom stereocenters. The highest BCUT2D eigenvalue weighted by molar-refractivity contribution is 7.89. The number of benzene rings is 2. The van der Waals surface area contributed by atoms with Gasteiger partial charge in [0.1, 0.15) is 11.4 Å². The SMILES string of the molecule is CCS(=O)(=O)NCC1(c2ccc(N3CCc4c(C(F)(F)F)nn(-c5ccc(OC)cc5)c4C3=O)cc2)CC1. The predicted molar refractivity (Wildman–Crippen MR) is 135 cm³/mol. The number of carbonyl (C=O) groups is 1. The van der Waals surface area contributed by atoms with E-state index in [0.717, 1.165) is 23.1 Å². The van der Waals surface area contributed by atoms with Gasteiger partial charge in [0.2, 0.25) is 10.0 Å². The molecule has 2 heterocycles. The maximum atomic E-state index is 13.8. The van der Waals surface area contributed by atoms with Crippen LogP contribution in [-0.2, 0) is 28.0 Å². The highest BCUT2D eigenvalue weighted by atomic mass is 32.2. The van der Waals surface area contributed by atoms with Gasteiger partial charge in [-0.2, -0.15) is 18.3 Å². The van der Waals surface area contributed by atoms with Gasteiger partial charge >= 0.3 is 6.18 Å². The van der Waals surface area contributed by atoms with Gasteiger partial charge in [-0.1, -0.05) is 12.1 Å². The standard InChI is InChI=1S/C26H27F3N4O4S/c1-3-38(35,36)30-16-25(13-14-25)17-4-6-18(7-5-17)32-15-12-21-22(24(32)34)33(31-23(21)26(27,28)29)19-8-10-20(37-2)11-9-19/h4-11,30H,3,12-16H2,1-2H3. The first-order valence-corrected chi connectivity index (χ1v) is 13.9. The van der Waals surface area contributed by atoms with E-state index >= 15 is 0 Å². The fourth-order valence-electron chi connectivity index (χ4n) is 4.81. The lowest BCUT2D eigenvalue weighted by atomic mass is 9.95. The molecular formula is C26H27F3N4O4S. The van der Waals surface area contributed by atoms with Crippen molar-refractivity contribution < 1.29 is 31.1 Å². The average Bonchev–Trinajstić information content (AvgIpc) is 3.59. The van der Waals surface area contributed by atoms with E-state index in [0.29, 0.717) is 23.7 Å². The molecule has 1 fully saturated rings. The molecule has 1 aliphatic carbocycles. The van der Waals surface area contributed by atoms with Crippen LogP contribution in [0.1, 0.15) is 47.1 Å². The van der Waals surface area contributed by atoms with Crippen molar-refractivity contribution in [3.63, 3.8) is 0 Å². The highest BCUT2D eigenvalue weighted by Crippen LogP contribution is 2.48. The Morgan fingerprint density at radius 3 is 2.24 bits per heavy atom. The Bertz CT molecular complexity index is 1460. The normalized spacial score (nSPS) is 16.9. The summed E-state index contributed by atoms with van der Waals surface area (Å²) < 4.78 is 74.1. The maximum Gasteiger partial charge on any atom is 0.435 e. The molecule has 202 valence electrons. The molecule has 3 aromatic rings. The van der Waals surface area contributed by atoms with Crippen molar-refractivity contribution in [2.75, 3.05) is 30.9 Å². The molecule has 1 aromatic heterocycles. The first-order chi connectivity index (χ1) is 18.0. The molecule has 0 saturated heterocycles. The highest BCUT2D eigenvalue weighted by Gasteiger charge is 2.45. The number of methoxy groups -OCH3 is 1. The van der Waals surface area contributed by atoms with Crippen molar-refractivity contribution in [1.29, 1.82) is 0 Å². The quantitative estimate of drug-likeness (QED) is 0.458. The number of rotatable bonds is 8. The second-order valence-corrected chi connectivity index (χ2v) is 11.6. The number of carbonyl (C=O) groups excluding carboxylic acids is 1. The molecular weight excluding hydrogens is 521 g/mol. The van der Waals surface area contributed by atoms with Crippen LogP contribution in [0.25, 0.3) is 5.69 Å². The molecule has 0 spiro atoms. The third-order valence-electron chi connectivity index (χ3n) is 7.26. The summed E-state index contributed by atoms with van der Waals surface area (Å²) in [7, 11) is -1.84. The van der Waals surface area contributed by atoms with E-state index in [9.17, 15) is 26.4 Å². The largest absolute Gasteiger partial charge is 0.497 e. The van der Waals surface area contributed by atoms with Gasteiger partial charge in [-0.25, -0.2) is 17.8 Å². The van der Waals surface area contributed by atoms with Gasteiger partial charge in [-0.05, 0) is 68.1 Å². The molecule has 0 bridgehead atoms. The van der Waals surface area contributed by atoms with Crippen LogP contribution in [0, 0.1) is 0 Å². The molecule has 38 heavy (non-hydrogen) atoms. The Labute approximate surface area is 218 Å². The van der Waals surface area contributed by atoms with Gasteiger partial charge in [0.15, 0.2) is 5.69 Å². The maximum absolute atomic E-state index is 13.8. The lowest BCUT2D eigenvalue weighted by molar-refractivity contribution is -0.141. The Balaban J connectivity index is 1.45. The molecule has 1 aliphatic heterocycles. The second kappa shape index (κ2) is 9.42. The first kappa shape index (κ1) is 26.2. The van der Waals surface area contributed by atoms with Crippen LogP contribution >= 0.6 is 0 Å². The van der Waals surface area contributed by atoms with Crippen molar-refractivity contribution in [3.8, 4) is 11.4 Å². The monoisotopic (exact) mass is 548 g/mol. The lowest BCUT2D eigenvalue weighted by Gasteiger charge is -2.28. The number of amides is 1. The fourth-order valence-corrected chi connectivity index (χ4v) is 5.51. The van der Waals surface area contributed by atoms with E-state index in [1.54, 1.807) is 43.3 Å². The third kappa shape index (κ3) is 4.78. The third-order valence-corrected chi connectivity index (χ3v) is 8.60. The van der Waals surface area contributed by atoms with Crippen molar-refractivity contribution >= 4 is 21.6 Å². The van der Waals surface area contributed by atoms with Gasteiger partial charge in [-0.3, -0.25) is 4.79 Å². The Morgan fingerprint density at radius 2 is 1.68 bits per heavy atom. The smallest absolute Gasteiger partial charge is 0.435 e. The number of sulfonamides is 1. The van der Waals surface area contributed by atoms with Gasteiger partial charge in [0.05, 0.1) is 18.6 Å². The topological polar surface area (TPSA) is 93.5 Å². The van der Waals surface area contributed by atoms with Gasteiger partial charge in [-0.15, -0.1) is 0 Å². The molecule has 2 aliphatic rings. The molecule has 1 amide bonds. The van der Waals surface area contributed by atoms with Gasteiger partial charge < -0.3 is 9.64 Å². The molecule has 12 heteroatoms. The fraction of sp³-hybridized carbons (Fsp3) is 0.385. The van der Waals surface area contributed by atoms with Crippen molar-refractivity contribution in [1.82, 2.24) is 14.5 Å². The number of halogens is 3. The van der Waals surface area contributed by atoms with Crippen LogP contribution in [0.5, 0.6) is 5.75 Å². The number of ether oxygens (including phenoxy) is 1. The van der Waals surface area contributed by atoms with Crippen LogP contribution in [0.15, 0.2) is 48.5 Å². The van der Waals surface area contributed by atoms with Crippen LogP contribution < -0.4 is 14.4 Å². The number of alkyl halides is 3. The zero-order valence-electron chi connectivity index (χ0n) is 20.9. The molecule has 1 saturated carbocycles. The van der Waals surface area contributed by atoms with Crippen LogP contribution in [0.3, 0.4) is 0 Å². The van der Waals surface area contributed by atoms with Crippen LogP contribution in [0.4, 0.5) is 18.9 Å². The van der Waals surface area contributed by atoms with Crippen molar-refractivity contribution in [2.45, 2.75) is 37.8 Å². The molecule has 2 aromatic carbocycles. The summed E-state index contributed by atoms with van der Waals surface area (Å²) in [6.07, 6.45) is -3.03. The second-order valence-electron chi connectivity index (χ2n) is 9.54. The molecule has 0 unspecified atom stereocenters. The Kier molecular flexibility index (Phi) is 6.50. The van der Waals surface area contributed by atoms with E-state index in [1.807, 2.05) is 12.1 Å². The van der Waals surface area contributed by atoms with E-state index in [2.05, 4.69) is 9.82 Å². The number of nitrogens with one attached hydrogen (secondary N) is 1. The summed E-state index contributed by atoms with van der Waals surface area (Å²) in [6.45, 7) is 1.95. The number of aromatic nitrogens is 2. The summed E-state index contributed by atoms with van der Waals surface area (Å²) in [5.41, 5.74) is 0.231. The summed E-state index contributed by atoms with van der Waals surface area (Å²) in [6, 6.07) is 13.5.